The van der Waals surface area contributed by atoms with Crippen LogP contribution in [0.3, 0.4) is 0 Å². The van der Waals surface area contributed by atoms with Crippen LogP contribution in [0.2, 0.25) is 5.02 Å². The SMILES string of the molecule is CC(O)(CC#N)c1ccccc1Cl. The fourth-order valence-corrected chi connectivity index (χ4v) is 1.49. The summed E-state index contributed by atoms with van der Waals surface area (Å²) >= 11 is 5.88. The molecule has 1 atom stereocenters. The third-order valence-electron chi connectivity index (χ3n) is 1.88. The Morgan fingerprint density at radius 3 is 2.69 bits per heavy atom. The molecule has 1 N–H and O–H groups in total. The zero-order chi connectivity index (χ0) is 9.90. The van der Waals surface area contributed by atoms with Crippen LogP contribution in [0.5, 0.6) is 0 Å². The molecule has 0 heterocycles. The summed E-state index contributed by atoms with van der Waals surface area (Å²) in [7, 11) is 0. The molecule has 0 spiro atoms. The van der Waals surface area contributed by atoms with Gasteiger partial charge in [0.1, 0.15) is 5.60 Å². The molecule has 68 valence electrons. The van der Waals surface area contributed by atoms with E-state index >= 15 is 0 Å². The van der Waals surface area contributed by atoms with E-state index in [2.05, 4.69) is 0 Å². The Hall–Kier alpha value is -1.04. The van der Waals surface area contributed by atoms with Gasteiger partial charge in [-0.05, 0) is 13.0 Å². The van der Waals surface area contributed by atoms with E-state index in [4.69, 9.17) is 16.9 Å². The van der Waals surface area contributed by atoms with Crippen LogP contribution in [0.15, 0.2) is 24.3 Å². The second kappa shape index (κ2) is 3.78. The highest BCUT2D eigenvalue weighted by Crippen LogP contribution is 2.29. The first kappa shape index (κ1) is 10.0. The molecule has 2 nitrogen and oxygen atoms in total. The summed E-state index contributed by atoms with van der Waals surface area (Å²) in [6.45, 7) is 1.58. The second-order valence-electron chi connectivity index (χ2n) is 3.09. The second-order valence-corrected chi connectivity index (χ2v) is 3.50. The van der Waals surface area contributed by atoms with Gasteiger partial charge in [0.25, 0.3) is 0 Å². The van der Waals surface area contributed by atoms with Gasteiger partial charge in [0.05, 0.1) is 12.5 Å². The van der Waals surface area contributed by atoms with Crippen molar-refractivity contribution in [3.05, 3.63) is 34.9 Å². The standard InChI is InChI=1S/C10H10ClNO/c1-10(13,6-7-12)8-4-2-3-5-9(8)11/h2-5,13H,6H2,1H3. The predicted molar refractivity (Wildman–Crippen MR) is 51.3 cm³/mol. The van der Waals surface area contributed by atoms with Crippen molar-refractivity contribution in [2.75, 3.05) is 0 Å². The maximum Gasteiger partial charge on any atom is 0.101 e. The summed E-state index contributed by atoms with van der Waals surface area (Å²) in [6, 6.07) is 8.91. The van der Waals surface area contributed by atoms with Crippen LogP contribution in [0.1, 0.15) is 18.9 Å². The van der Waals surface area contributed by atoms with Crippen molar-refractivity contribution < 1.29 is 5.11 Å². The van der Waals surface area contributed by atoms with Crippen LogP contribution in [0, 0.1) is 11.3 Å². The molecular formula is C10H10ClNO. The van der Waals surface area contributed by atoms with E-state index in [9.17, 15) is 5.11 Å². The van der Waals surface area contributed by atoms with Crippen molar-refractivity contribution in [3.63, 3.8) is 0 Å². The molecule has 3 heteroatoms. The molecule has 0 aliphatic heterocycles. The molecule has 0 saturated heterocycles. The van der Waals surface area contributed by atoms with Gasteiger partial charge in [-0.1, -0.05) is 29.8 Å². The Morgan fingerprint density at radius 1 is 1.54 bits per heavy atom. The number of hydrogen-bond donors (Lipinski definition) is 1. The number of rotatable bonds is 2. The molecule has 0 fully saturated rings. The molecule has 13 heavy (non-hydrogen) atoms. The van der Waals surface area contributed by atoms with Crippen molar-refractivity contribution in [2.24, 2.45) is 0 Å². The quantitative estimate of drug-likeness (QED) is 0.788. The zero-order valence-corrected chi connectivity index (χ0v) is 8.04. The fourth-order valence-electron chi connectivity index (χ4n) is 1.15. The van der Waals surface area contributed by atoms with E-state index < -0.39 is 5.60 Å². The Labute approximate surface area is 82.4 Å². The van der Waals surface area contributed by atoms with Gasteiger partial charge in [-0.25, -0.2) is 0 Å². The number of nitrogens with zero attached hydrogens (tertiary/aromatic N) is 1. The summed E-state index contributed by atoms with van der Waals surface area (Å²) in [4.78, 5) is 0. The van der Waals surface area contributed by atoms with Gasteiger partial charge >= 0.3 is 0 Å². The van der Waals surface area contributed by atoms with Crippen molar-refractivity contribution in [1.82, 2.24) is 0 Å². The van der Waals surface area contributed by atoms with Crippen molar-refractivity contribution in [3.8, 4) is 6.07 Å². The third-order valence-corrected chi connectivity index (χ3v) is 2.21. The monoisotopic (exact) mass is 195 g/mol. The Kier molecular flexibility index (Phi) is 2.92. The molecule has 0 radical (unpaired) electrons. The number of nitriles is 1. The van der Waals surface area contributed by atoms with Gasteiger partial charge in [0.15, 0.2) is 0 Å². The topological polar surface area (TPSA) is 44.0 Å². The fraction of sp³-hybridized carbons (Fsp3) is 0.300. The van der Waals surface area contributed by atoms with E-state index in [1.54, 1.807) is 31.2 Å². The van der Waals surface area contributed by atoms with E-state index in [-0.39, 0.29) is 6.42 Å². The molecular weight excluding hydrogens is 186 g/mol. The summed E-state index contributed by atoms with van der Waals surface area (Å²) in [6.07, 6.45) is 0.0384. The van der Waals surface area contributed by atoms with E-state index in [0.717, 1.165) is 0 Å². The highest BCUT2D eigenvalue weighted by molar-refractivity contribution is 6.31. The zero-order valence-electron chi connectivity index (χ0n) is 7.29. The van der Waals surface area contributed by atoms with Gasteiger partial charge in [-0.3, -0.25) is 0 Å². The first-order valence-electron chi connectivity index (χ1n) is 3.92. The lowest BCUT2D eigenvalue weighted by Gasteiger charge is -2.21. The molecule has 0 aromatic heterocycles. The number of halogens is 1. The van der Waals surface area contributed by atoms with Gasteiger partial charge < -0.3 is 5.11 Å². The largest absolute Gasteiger partial charge is 0.384 e. The Bertz CT molecular complexity index is 341. The maximum absolute atomic E-state index is 9.86. The normalized spacial score (nSPS) is 14.6. The molecule has 0 aliphatic carbocycles. The highest BCUT2D eigenvalue weighted by Gasteiger charge is 2.24. The van der Waals surface area contributed by atoms with E-state index in [0.29, 0.717) is 10.6 Å². The van der Waals surface area contributed by atoms with E-state index in [1.807, 2.05) is 6.07 Å². The van der Waals surface area contributed by atoms with Crippen LogP contribution >= 0.6 is 11.6 Å². The third kappa shape index (κ3) is 2.21. The summed E-state index contributed by atoms with van der Waals surface area (Å²) in [5.41, 5.74) is -0.564. The molecule has 0 aliphatic rings. The van der Waals surface area contributed by atoms with Gasteiger partial charge in [-0.2, -0.15) is 5.26 Å². The van der Waals surface area contributed by atoms with Crippen LogP contribution in [-0.4, -0.2) is 5.11 Å². The summed E-state index contributed by atoms with van der Waals surface area (Å²) in [5.74, 6) is 0. The van der Waals surface area contributed by atoms with Gasteiger partial charge in [0.2, 0.25) is 0 Å². The average molecular weight is 196 g/mol. The molecule has 0 saturated carbocycles. The van der Waals surface area contributed by atoms with E-state index in [1.165, 1.54) is 0 Å². The first-order valence-corrected chi connectivity index (χ1v) is 4.30. The molecule has 0 amide bonds. The number of aliphatic hydroxyl groups is 1. The lowest BCUT2D eigenvalue weighted by molar-refractivity contribution is 0.0625. The van der Waals surface area contributed by atoms with Crippen LogP contribution in [-0.2, 0) is 5.60 Å². The number of benzene rings is 1. The predicted octanol–water partition coefficient (Wildman–Crippen LogP) is 2.46. The van der Waals surface area contributed by atoms with Gasteiger partial charge in [-0.15, -0.1) is 0 Å². The average Bonchev–Trinajstić information content (AvgIpc) is 2.04. The van der Waals surface area contributed by atoms with Crippen LogP contribution < -0.4 is 0 Å². The smallest absolute Gasteiger partial charge is 0.101 e. The maximum atomic E-state index is 9.86. The molecule has 1 unspecified atom stereocenters. The summed E-state index contributed by atoms with van der Waals surface area (Å²) < 4.78 is 0. The molecule has 0 bridgehead atoms. The minimum absolute atomic E-state index is 0.0384. The number of hydrogen-bond acceptors (Lipinski definition) is 2. The van der Waals surface area contributed by atoms with Crippen molar-refractivity contribution in [1.29, 1.82) is 5.26 Å². The highest BCUT2D eigenvalue weighted by atomic mass is 35.5. The lowest BCUT2D eigenvalue weighted by Crippen LogP contribution is -2.20. The molecule has 1 aromatic rings. The summed E-state index contributed by atoms with van der Waals surface area (Å²) in [5, 5.41) is 18.8. The Morgan fingerprint density at radius 2 is 2.15 bits per heavy atom. The first-order chi connectivity index (χ1) is 6.08. The van der Waals surface area contributed by atoms with Crippen LogP contribution in [0.25, 0.3) is 0 Å². The van der Waals surface area contributed by atoms with Gasteiger partial charge in [0, 0.05) is 10.6 Å². The Balaban J connectivity index is 3.08. The minimum atomic E-state index is -1.16. The lowest BCUT2D eigenvalue weighted by atomic mass is 9.93. The van der Waals surface area contributed by atoms with Crippen molar-refractivity contribution in [2.45, 2.75) is 18.9 Å². The molecule has 1 rings (SSSR count). The molecule has 1 aromatic carbocycles. The van der Waals surface area contributed by atoms with Crippen LogP contribution in [0.4, 0.5) is 0 Å². The minimum Gasteiger partial charge on any atom is -0.384 e. The van der Waals surface area contributed by atoms with Crippen molar-refractivity contribution >= 4 is 11.6 Å².